The van der Waals surface area contributed by atoms with Crippen molar-refractivity contribution in [3.05, 3.63) is 0 Å². The number of nitrogens with one attached hydrogen (secondary N) is 9. The summed E-state index contributed by atoms with van der Waals surface area (Å²) >= 11 is 8.40. The molecule has 9 amide bonds. The van der Waals surface area contributed by atoms with Crippen molar-refractivity contribution in [3.63, 3.8) is 0 Å². The lowest BCUT2D eigenvalue weighted by atomic mass is 9.96. The van der Waals surface area contributed by atoms with Gasteiger partial charge in [-0.25, -0.2) is 4.79 Å². The molecule has 0 saturated heterocycles. The number of carboxylic acid groups (broad SMARTS) is 1. The molecule has 0 unspecified atom stereocenters. The van der Waals surface area contributed by atoms with Crippen LogP contribution in [0.5, 0.6) is 0 Å². The highest BCUT2D eigenvalue weighted by atomic mass is 32.1. The largest absolute Gasteiger partial charge is 0.480 e. The smallest absolute Gasteiger partial charge is 0.326 e. The molecular formula is C54H103N15O11S2. The molecule has 0 aromatic rings. The summed E-state index contributed by atoms with van der Waals surface area (Å²) in [5.41, 5.74) is 28.6. The molecule has 0 spiro atoms. The van der Waals surface area contributed by atoms with Crippen molar-refractivity contribution in [1.29, 1.82) is 0 Å². The Morgan fingerprint density at radius 1 is 0.427 bits per heavy atom. The van der Waals surface area contributed by atoms with Crippen LogP contribution in [0.3, 0.4) is 0 Å². The molecule has 0 radical (unpaired) electrons. The van der Waals surface area contributed by atoms with Gasteiger partial charge in [0.2, 0.25) is 53.2 Å². The van der Waals surface area contributed by atoms with Crippen molar-refractivity contribution in [2.45, 2.75) is 213 Å². The number of thiol groups is 2. The monoisotopic (exact) mass is 1200 g/mol. The first kappa shape index (κ1) is 76.5. The Morgan fingerprint density at radius 3 is 1.10 bits per heavy atom. The number of guanidine groups is 1. The van der Waals surface area contributed by atoms with E-state index in [0.717, 1.165) is 0 Å². The van der Waals surface area contributed by atoms with Crippen molar-refractivity contribution in [2.24, 2.45) is 63.3 Å². The highest BCUT2D eigenvalue weighted by molar-refractivity contribution is 7.80. The number of carbonyl (C=O) groups is 10. The van der Waals surface area contributed by atoms with Gasteiger partial charge < -0.3 is 81.6 Å². The molecule has 0 aliphatic heterocycles. The third kappa shape index (κ3) is 31.3. The van der Waals surface area contributed by atoms with Gasteiger partial charge in [-0.15, -0.1) is 0 Å². The van der Waals surface area contributed by atoms with Crippen LogP contribution in [-0.2, 0) is 47.9 Å². The number of nitrogens with two attached hydrogens (primary N) is 5. The highest BCUT2D eigenvalue weighted by Crippen LogP contribution is 2.15. The van der Waals surface area contributed by atoms with Crippen molar-refractivity contribution in [3.8, 4) is 0 Å². The summed E-state index contributed by atoms with van der Waals surface area (Å²) in [5, 5.41) is 34.0. The minimum Gasteiger partial charge on any atom is -0.480 e. The third-order valence-corrected chi connectivity index (χ3v) is 14.0. The van der Waals surface area contributed by atoms with E-state index in [1.165, 1.54) is 0 Å². The number of carboxylic acids is 1. The van der Waals surface area contributed by atoms with Crippen LogP contribution >= 0.6 is 25.3 Å². The Morgan fingerprint density at radius 2 is 0.744 bits per heavy atom. The molecule has 0 aromatic carbocycles. The number of hydrogen-bond donors (Lipinski definition) is 17. The zero-order chi connectivity index (χ0) is 62.8. The maximum Gasteiger partial charge on any atom is 0.326 e. The van der Waals surface area contributed by atoms with Crippen LogP contribution in [0.4, 0.5) is 0 Å². The number of rotatable bonds is 43. The standard InChI is InChI=1S/C54H103N15O11S2/c1-11-33(10)43(52(78)63-36(18-13-15-21-56)46(72)68-42(28-82)51(77)66-40(25-31(6)7)50(76)67-41(53(79)80)26-32(8)9)69-47(73)37(19-16-22-60-54(58)59)61-45(71)35(17-12-14-20-55)62-48(74)39(24-30(4)5)65-49(75)38(23-29(2)3)64-44(70)34(57)27-81/h29-43,81-82H,11-28,55-57H2,1-10H3,(H,61,71)(H,62,74)(H,63,78)(H,64,70)(H,65,75)(H,66,77)(H,67,76)(H,68,72)(H,69,73)(H,79,80)(H4,58,59,60)/t33-,34-,35-,36-,37-,38-,39-,40-,41-,42-,43-/m0/s1. The Bertz CT molecular complexity index is 2050. The summed E-state index contributed by atoms with van der Waals surface area (Å²) < 4.78 is 0. The van der Waals surface area contributed by atoms with E-state index >= 15 is 0 Å². The van der Waals surface area contributed by atoms with E-state index in [2.05, 4.69) is 78.1 Å². The Kier molecular flexibility index (Phi) is 38.8. The van der Waals surface area contributed by atoms with Gasteiger partial charge in [-0.2, -0.15) is 25.3 Å². The van der Waals surface area contributed by atoms with Crippen molar-refractivity contribution < 1.29 is 53.1 Å². The fourth-order valence-electron chi connectivity index (χ4n) is 8.50. The zero-order valence-electron chi connectivity index (χ0n) is 50.1. The molecule has 0 aliphatic rings. The summed E-state index contributed by atoms with van der Waals surface area (Å²) in [5.74, 6) is -9.04. The van der Waals surface area contributed by atoms with Gasteiger partial charge in [0.25, 0.3) is 0 Å². The molecule has 0 heterocycles. The second-order valence-electron chi connectivity index (χ2n) is 22.7. The van der Waals surface area contributed by atoms with Crippen molar-refractivity contribution >= 4 is 90.4 Å². The van der Waals surface area contributed by atoms with Crippen LogP contribution in [0.15, 0.2) is 4.99 Å². The lowest BCUT2D eigenvalue weighted by Crippen LogP contribution is -2.61. The summed E-state index contributed by atoms with van der Waals surface area (Å²) in [7, 11) is 0. The molecule has 28 heteroatoms. The summed E-state index contributed by atoms with van der Waals surface area (Å²) in [6, 6.07) is -12.0. The lowest BCUT2D eigenvalue weighted by Gasteiger charge is -2.30. The quantitative estimate of drug-likeness (QED) is 0.0153. The Labute approximate surface area is 496 Å². The number of unbranched alkanes of at least 4 members (excludes halogenated alkanes) is 2. The molecule has 0 bridgehead atoms. The maximum atomic E-state index is 14.5. The van der Waals surface area contributed by atoms with Crippen LogP contribution in [0, 0.1) is 29.6 Å². The number of carbonyl (C=O) groups excluding carboxylic acids is 9. The van der Waals surface area contributed by atoms with Gasteiger partial charge in [-0.1, -0.05) is 75.7 Å². The summed E-state index contributed by atoms with van der Waals surface area (Å²) in [6.07, 6.45) is 2.98. The minimum absolute atomic E-state index is 0.0328. The molecule has 0 aliphatic carbocycles. The molecular weight excluding hydrogens is 1100 g/mol. The predicted octanol–water partition coefficient (Wildman–Crippen LogP) is -0.837. The number of hydrogen-bond acceptors (Lipinski definition) is 16. The van der Waals surface area contributed by atoms with E-state index < -0.39 is 125 Å². The molecule has 26 nitrogen and oxygen atoms in total. The second kappa shape index (κ2) is 41.5. The average molecular weight is 1200 g/mol. The predicted molar refractivity (Wildman–Crippen MR) is 324 cm³/mol. The molecule has 82 heavy (non-hydrogen) atoms. The average Bonchev–Trinajstić information content (AvgIpc) is 3.43. The van der Waals surface area contributed by atoms with E-state index in [9.17, 15) is 53.1 Å². The van der Waals surface area contributed by atoms with Gasteiger partial charge in [-0.3, -0.25) is 48.1 Å². The van der Waals surface area contributed by atoms with Crippen LogP contribution in [0.2, 0.25) is 0 Å². The number of aliphatic imine (C=N–C) groups is 1. The van der Waals surface area contributed by atoms with Gasteiger partial charge in [0.1, 0.15) is 54.4 Å². The first-order valence-corrected chi connectivity index (χ1v) is 30.1. The van der Waals surface area contributed by atoms with Gasteiger partial charge in [0.05, 0.1) is 6.04 Å². The fraction of sp³-hybridized carbons (Fsp3) is 0.796. The van der Waals surface area contributed by atoms with Gasteiger partial charge in [-0.05, 0) is 120 Å². The fourth-order valence-corrected chi connectivity index (χ4v) is 8.93. The molecule has 0 rings (SSSR count). The zero-order valence-corrected chi connectivity index (χ0v) is 51.9. The highest BCUT2D eigenvalue weighted by Gasteiger charge is 2.37. The Balaban J connectivity index is 6.98. The van der Waals surface area contributed by atoms with E-state index in [-0.39, 0.29) is 112 Å². The van der Waals surface area contributed by atoms with E-state index in [4.69, 9.17) is 28.7 Å². The molecule has 0 fully saturated rings. The number of amides is 9. The van der Waals surface area contributed by atoms with Crippen LogP contribution < -0.4 is 76.5 Å². The summed E-state index contributed by atoms with van der Waals surface area (Å²) in [4.78, 5) is 142. The normalized spacial score (nSPS) is 15.5. The third-order valence-electron chi connectivity index (χ3n) is 13.2. The molecule has 20 N–H and O–H groups in total. The SMILES string of the molecule is CC[C@H](C)[C@H](NC(=O)[C@H](CCCN=C(N)N)NC(=O)[C@H](CCCCN)NC(=O)[C@H](CC(C)C)NC(=O)[C@H](CC(C)C)NC(=O)[C@@H](N)CS)C(=O)N[C@@H](CCCCN)C(=O)N[C@@H](CS)C(=O)N[C@@H](CC(C)C)C(=O)N[C@@H](CC(C)C)C(=O)O. The first-order valence-electron chi connectivity index (χ1n) is 28.9. The minimum atomic E-state index is -1.34. The first-order chi connectivity index (χ1) is 38.5. The lowest BCUT2D eigenvalue weighted by molar-refractivity contribution is -0.143. The van der Waals surface area contributed by atoms with E-state index in [0.29, 0.717) is 32.1 Å². The van der Waals surface area contributed by atoms with Crippen molar-refractivity contribution in [1.82, 2.24) is 47.9 Å². The maximum absolute atomic E-state index is 14.5. The van der Waals surface area contributed by atoms with Gasteiger partial charge in [0, 0.05) is 18.1 Å². The molecule has 0 aromatic heterocycles. The number of nitrogens with zero attached hydrogens (tertiary/aromatic N) is 1. The van der Waals surface area contributed by atoms with Crippen LogP contribution in [0.1, 0.15) is 153 Å². The van der Waals surface area contributed by atoms with E-state index in [1.807, 2.05) is 55.4 Å². The topological polar surface area (TPSA) is 442 Å². The summed E-state index contributed by atoms with van der Waals surface area (Å²) in [6.45, 7) is 18.8. The van der Waals surface area contributed by atoms with Gasteiger partial charge >= 0.3 is 5.97 Å². The molecule has 11 atom stereocenters. The van der Waals surface area contributed by atoms with Gasteiger partial charge in [0.15, 0.2) is 5.96 Å². The van der Waals surface area contributed by atoms with E-state index in [1.54, 1.807) is 13.8 Å². The van der Waals surface area contributed by atoms with Crippen molar-refractivity contribution in [2.75, 3.05) is 31.1 Å². The number of aliphatic carboxylic acids is 1. The van der Waals surface area contributed by atoms with Crippen LogP contribution in [-0.4, -0.2) is 162 Å². The Hall–Kier alpha value is -5.45. The molecule has 0 saturated carbocycles. The van der Waals surface area contributed by atoms with Crippen LogP contribution in [0.25, 0.3) is 0 Å². The molecule has 472 valence electrons. The second-order valence-corrected chi connectivity index (χ2v) is 23.4.